The van der Waals surface area contributed by atoms with Crippen molar-refractivity contribution in [1.29, 1.82) is 0 Å². The molecule has 0 unspecified atom stereocenters. The summed E-state index contributed by atoms with van der Waals surface area (Å²) in [7, 11) is 1.29. The van der Waals surface area contributed by atoms with Gasteiger partial charge in [-0.15, -0.1) is 0 Å². The van der Waals surface area contributed by atoms with Crippen LogP contribution in [0.15, 0.2) is 0 Å². The number of nitrogens with one attached hydrogen (secondary N) is 1. The molecule has 5 heteroatoms. The lowest BCUT2D eigenvalue weighted by Crippen LogP contribution is -2.38. The summed E-state index contributed by atoms with van der Waals surface area (Å²) < 4.78 is 4.37. The van der Waals surface area contributed by atoms with Gasteiger partial charge in [-0.1, -0.05) is 0 Å². The molecule has 1 atom stereocenters. The molecule has 0 aliphatic heterocycles. The van der Waals surface area contributed by atoms with Gasteiger partial charge in [0.2, 0.25) is 0 Å². The molecular weight excluding hydrogens is 148 g/mol. The summed E-state index contributed by atoms with van der Waals surface area (Å²) in [6.45, 7) is 1.67. The number of rotatable bonds is 3. The summed E-state index contributed by atoms with van der Waals surface area (Å²) in [6, 6.07) is -0.915. The van der Waals surface area contributed by atoms with Crippen LogP contribution >= 0.6 is 0 Å². The molecule has 0 radical (unpaired) electrons. The molecule has 0 fully saturated rings. The molecule has 64 valence electrons. The van der Waals surface area contributed by atoms with Crippen LogP contribution in [-0.4, -0.2) is 25.2 Å². The summed E-state index contributed by atoms with van der Waals surface area (Å²) in [5, 5.41) is 2.35. The smallest absolute Gasteiger partial charge is 0.312 e. The zero-order chi connectivity index (χ0) is 8.85. The number of ether oxygens (including phenoxy) is 1. The fraction of sp³-hybridized carbons (Fsp3) is 0.667. The van der Waals surface area contributed by atoms with E-state index in [2.05, 4.69) is 10.1 Å². The van der Waals surface area contributed by atoms with Crippen LogP contribution < -0.4 is 11.1 Å². The monoisotopic (exact) mass is 160 g/mol. The highest BCUT2D eigenvalue weighted by Crippen LogP contribution is 1.91. The van der Waals surface area contributed by atoms with E-state index >= 15 is 0 Å². The third kappa shape index (κ3) is 5.20. The molecule has 0 rings (SSSR count). The van der Waals surface area contributed by atoms with Gasteiger partial charge in [0, 0.05) is 6.04 Å². The number of esters is 1. The maximum Gasteiger partial charge on any atom is 0.312 e. The highest BCUT2D eigenvalue weighted by Gasteiger charge is 2.09. The van der Waals surface area contributed by atoms with Gasteiger partial charge < -0.3 is 15.8 Å². The van der Waals surface area contributed by atoms with Crippen LogP contribution in [-0.2, 0) is 9.53 Å². The van der Waals surface area contributed by atoms with Crippen LogP contribution in [0, 0.1) is 0 Å². The van der Waals surface area contributed by atoms with E-state index in [-0.39, 0.29) is 18.4 Å². The quantitative estimate of drug-likeness (QED) is 0.551. The van der Waals surface area contributed by atoms with E-state index < -0.39 is 6.03 Å². The Labute approximate surface area is 64.9 Å². The zero-order valence-corrected chi connectivity index (χ0v) is 6.59. The number of carbonyl (C=O) groups excluding carboxylic acids is 2. The van der Waals surface area contributed by atoms with Gasteiger partial charge in [0.25, 0.3) is 0 Å². The van der Waals surface area contributed by atoms with Crippen LogP contribution in [0.2, 0.25) is 0 Å². The third-order valence-electron chi connectivity index (χ3n) is 1.09. The molecule has 0 aliphatic rings. The molecule has 0 aromatic rings. The lowest BCUT2D eigenvalue weighted by Gasteiger charge is -2.09. The molecule has 0 saturated carbocycles. The SMILES string of the molecule is COC(=O)C[C@@H](C)NC(N)=O. The number of hydrogen-bond donors (Lipinski definition) is 2. The lowest BCUT2D eigenvalue weighted by molar-refractivity contribution is -0.141. The molecule has 0 aromatic heterocycles. The van der Waals surface area contributed by atoms with Gasteiger partial charge in [-0.05, 0) is 6.92 Å². The molecule has 0 bridgehead atoms. The van der Waals surface area contributed by atoms with Crippen molar-refractivity contribution in [2.24, 2.45) is 5.73 Å². The summed E-state index contributed by atoms with van der Waals surface area (Å²) in [5.74, 6) is -0.369. The molecule has 0 heterocycles. The Hall–Kier alpha value is -1.26. The van der Waals surface area contributed by atoms with E-state index in [1.807, 2.05) is 0 Å². The van der Waals surface area contributed by atoms with Gasteiger partial charge in [-0.2, -0.15) is 0 Å². The van der Waals surface area contributed by atoms with Crippen LogP contribution in [0.4, 0.5) is 4.79 Å². The van der Waals surface area contributed by atoms with Crippen molar-refractivity contribution in [2.45, 2.75) is 19.4 Å². The first-order valence-electron chi connectivity index (χ1n) is 3.19. The molecule has 3 N–H and O–H groups in total. The van der Waals surface area contributed by atoms with Crippen molar-refractivity contribution in [3.63, 3.8) is 0 Å². The normalized spacial score (nSPS) is 11.8. The van der Waals surface area contributed by atoms with E-state index in [1.54, 1.807) is 6.92 Å². The average Bonchev–Trinajstić information content (AvgIpc) is 1.85. The summed E-state index contributed by atoms with van der Waals surface area (Å²) in [4.78, 5) is 20.8. The standard InChI is InChI=1S/C6H12N2O3/c1-4(8-6(7)10)3-5(9)11-2/h4H,3H2,1-2H3,(H3,7,8,10)/t4-/m1/s1. The lowest BCUT2D eigenvalue weighted by atomic mass is 10.2. The largest absolute Gasteiger partial charge is 0.469 e. The molecular formula is C6H12N2O3. The fourth-order valence-electron chi connectivity index (χ4n) is 0.627. The minimum atomic E-state index is -0.638. The van der Waals surface area contributed by atoms with Gasteiger partial charge in [0.05, 0.1) is 13.5 Å². The van der Waals surface area contributed by atoms with Gasteiger partial charge in [-0.3, -0.25) is 4.79 Å². The van der Waals surface area contributed by atoms with Crippen LogP contribution in [0.1, 0.15) is 13.3 Å². The Morgan fingerprint density at radius 3 is 2.55 bits per heavy atom. The fourth-order valence-corrected chi connectivity index (χ4v) is 0.627. The maximum atomic E-state index is 10.6. The first-order chi connectivity index (χ1) is 5.06. The number of hydrogen-bond acceptors (Lipinski definition) is 3. The predicted molar refractivity (Wildman–Crippen MR) is 38.8 cm³/mol. The van der Waals surface area contributed by atoms with Gasteiger partial charge >= 0.3 is 12.0 Å². The van der Waals surface area contributed by atoms with E-state index in [0.29, 0.717) is 0 Å². The highest BCUT2D eigenvalue weighted by molar-refractivity contribution is 5.74. The Morgan fingerprint density at radius 1 is 1.64 bits per heavy atom. The number of carbonyl (C=O) groups is 2. The molecule has 5 nitrogen and oxygen atoms in total. The second-order valence-corrected chi connectivity index (χ2v) is 2.19. The molecule has 0 aliphatic carbocycles. The molecule has 0 aromatic carbocycles. The first-order valence-corrected chi connectivity index (χ1v) is 3.19. The van der Waals surface area contributed by atoms with Crippen LogP contribution in [0.5, 0.6) is 0 Å². The Morgan fingerprint density at radius 2 is 2.18 bits per heavy atom. The topological polar surface area (TPSA) is 81.4 Å². The summed E-state index contributed by atoms with van der Waals surface area (Å²) in [6.07, 6.45) is 0.138. The van der Waals surface area contributed by atoms with Gasteiger partial charge in [0.1, 0.15) is 0 Å². The van der Waals surface area contributed by atoms with E-state index in [1.165, 1.54) is 7.11 Å². The average molecular weight is 160 g/mol. The van der Waals surface area contributed by atoms with Gasteiger partial charge in [0.15, 0.2) is 0 Å². The van der Waals surface area contributed by atoms with Crippen LogP contribution in [0.25, 0.3) is 0 Å². The van der Waals surface area contributed by atoms with Crippen molar-refractivity contribution in [2.75, 3.05) is 7.11 Å². The Bertz CT molecular complexity index is 158. The number of primary amides is 1. The minimum absolute atomic E-state index is 0.138. The number of amides is 2. The highest BCUT2D eigenvalue weighted by atomic mass is 16.5. The summed E-state index contributed by atoms with van der Waals surface area (Å²) in [5.41, 5.74) is 4.81. The van der Waals surface area contributed by atoms with Crippen LogP contribution in [0.3, 0.4) is 0 Å². The zero-order valence-electron chi connectivity index (χ0n) is 6.59. The number of nitrogens with two attached hydrogens (primary N) is 1. The number of methoxy groups -OCH3 is 1. The van der Waals surface area contributed by atoms with Crippen molar-refractivity contribution >= 4 is 12.0 Å². The van der Waals surface area contributed by atoms with E-state index in [0.717, 1.165) is 0 Å². The van der Waals surface area contributed by atoms with Crippen molar-refractivity contribution in [3.05, 3.63) is 0 Å². The van der Waals surface area contributed by atoms with Crippen molar-refractivity contribution in [1.82, 2.24) is 5.32 Å². The minimum Gasteiger partial charge on any atom is -0.469 e. The van der Waals surface area contributed by atoms with Crippen molar-refractivity contribution < 1.29 is 14.3 Å². The summed E-state index contributed by atoms with van der Waals surface area (Å²) >= 11 is 0. The van der Waals surface area contributed by atoms with Gasteiger partial charge in [-0.25, -0.2) is 4.79 Å². The molecule has 11 heavy (non-hydrogen) atoms. The second kappa shape index (κ2) is 4.54. The number of urea groups is 1. The Balaban J connectivity index is 3.60. The molecule has 0 saturated heterocycles. The van der Waals surface area contributed by atoms with Crippen molar-refractivity contribution in [3.8, 4) is 0 Å². The Kier molecular flexibility index (Phi) is 4.02. The molecule has 0 spiro atoms. The molecule has 2 amide bonds. The van der Waals surface area contributed by atoms with E-state index in [9.17, 15) is 9.59 Å². The predicted octanol–water partition coefficient (Wildman–Crippen LogP) is -0.394. The third-order valence-corrected chi connectivity index (χ3v) is 1.09. The first kappa shape index (κ1) is 9.74. The maximum absolute atomic E-state index is 10.6. The van der Waals surface area contributed by atoms with E-state index in [4.69, 9.17) is 5.73 Å². The second-order valence-electron chi connectivity index (χ2n) is 2.19.